The quantitative estimate of drug-likeness (QED) is 0.458. The topological polar surface area (TPSA) is 6.48 Å². The molecule has 1 atom stereocenters. The molecule has 3 heteroatoms. The first-order valence-corrected chi connectivity index (χ1v) is 3.51. The zero-order valence-electron chi connectivity index (χ0n) is 6.09. The van der Waals surface area contributed by atoms with E-state index in [0.29, 0.717) is 6.04 Å². The SMILES string of the molecule is CC1CN(C)C(=S)N1C. The molecule has 0 radical (unpaired) electrons. The molecule has 0 aliphatic carbocycles. The Morgan fingerprint density at radius 3 is 2.22 bits per heavy atom. The molecule has 0 aromatic heterocycles. The Labute approximate surface area is 61.4 Å². The average Bonchev–Trinajstić information content (AvgIpc) is 1.98. The largest absolute Gasteiger partial charge is 0.350 e. The summed E-state index contributed by atoms with van der Waals surface area (Å²) in [4.78, 5) is 4.22. The first-order valence-electron chi connectivity index (χ1n) is 3.11. The lowest BCUT2D eigenvalue weighted by Crippen LogP contribution is -2.27. The van der Waals surface area contributed by atoms with Crippen molar-refractivity contribution >= 4 is 17.3 Å². The summed E-state index contributed by atoms with van der Waals surface area (Å²) in [5.74, 6) is 0. The zero-order chi connectivity index (χ0) is 7.02. The van der Waals surface area contributed by atoms with Crippen molar-refractivity contribution in [2.24, 2.45) is 0 Å². The standard InChI is InChI=1S/C6H12N2S/c1-5-4-7(2)6(9)8(5)3/h5H,4H2,1-3H3. The van der Waals surface area contributed by atoms with Crippen molar-refractivity contribution in [1.82, 2.24) is 9.80 Å². The van der Waals surface area contributed by atoms with Gasteiger partial charge in [-0.3, -0.25) is 0 Å². The van der Waals surface area contributed by atoms with Crippen molar-refractivity contribution in [3.8, 4) is 0 Å². The third-order valence-corrected chi connectivity index (χ3v) is 2.43. The Hall–Kier alpha value is -0.310. The van der Waals surface area contributed by atoms with Gasteiger partial charge in [0.25, 0.3) is 0 Å². The van der Waals surface area contributed by atoms with Gasteiger partial charge in [0.1, 0.15) is 0 Å². The molecule has 0 bridgehead atoms. The normalized spacial score (nSPS) is 27.9. The Balaban J connectivity index is 2.65. The van der Waals surface area contributed by atoms with Gasteiger partial charge in [0.15, 0.2) is 5.11 Å². The maximum absolute atomic E-state index is 5.09. The lowest BCUT2D eigenvalue weighted by molar-refractivity contribution is 0.429. The van der Waals surface area contributed by atoms with E-state index < -0.39 is 0 Å². The number of rotatable bonds is 0. The zero-order valence-corrected chi connectivity index (χ0v) is 6.90. The number of thiocarbonyl (C=S) groups is 1. The molecule has 2 nitrogen and oxygen atoms in total. The van der Waals surface area contributed by atoms with Gasteiger partial charge in [-0.15, -0.1) is 0 Å². The molecule has 52 valence electrons. The van der Waals surface area contributed by atoms with E-state index in [1.54, 1.807) is 0 Å². The third kappa shape index (κ3) is 1.01. The predicted molar refractivity (Wildman–Crippen MR) is 42.5 cm³/mol. The highest BCUT2D eigenvalue weighted by molar-refractivity contribution is 7.80. The van der Waals surface area contributed by atoms with E-state index in [1.807, 2.05) is 14.1 Å². The lowest BCUT2D eigenvalue weighted by atomic mass is 10.3. The molecule has 1 heterocycles. The molecule has 0 N–H and O–H groups in total. The fraction of sp³-hybridized carbons (Fsp3) is 0.833. The van der Waals surface area contributed by atoms with Crippen LogP contribution in [0, 0.1) is 0 Å². The number of likely N-dealkylation sites (N-methyl/N-ethyl adjacent to an activating group) is 2. The summed E-state index contributed by atoms with van der Waals surface area (Å²) in [5.41, 5.74) is 0. The molecular formula is C6H12N2S. The van der Waals surface area contributed by atoms with E-state index >= 15 is 0 Å². The first kappa shape index (κ1) is 6.81. The molecule has 0 aromatic carbocycles. The van der Waals surface area contributed by atoms with E-state index in [-0.39, 0.29) is 0 Å². The number of nitrogens with zero attached hydrogens (tertiary/aromatic N) is 2. The van der Waals surface area contributed by atoms with Gasteiger partial charge >= 0.3 is 0 Å². The monoisotopic (exact) mass is 144 g/mol. The Morgan fingerprint density at radius 1 is 1.56 bits per heavy atom. The Bertz CT molecular complexity index is 135. The maximum atomic E-state index is 5.09. The summed E-state index contributed by atoms with van der Waals surface area (Å²) < 4.78 is 0. The van der Waals surface area contributed by atoms with Crippen LogP contribution in [0.5, 0.6) is 0 Å². The van der Waals surface area contributed by atoms with Crippen molar-refractivity contribution in [3.63, 3.8) is 0 Å². The highest BCUT2D eigenvalue weighted by Crippen LogP contribution is 2.10. The second-order valence-electron chi connectivity index (χ2n) is 2.62. The van der Waals surface area contributed by atoms with Crippen LogP contribution in [0.2, 0.25) is 0 Å². The predicted octanol–water partition coefficient (Wildman–Crippen LogP) is 0.537. The van der Waals surface area contributed by atoms with E-state index in [0.717, 1.165) is 11.7 Å². The molecule has 1 aliphatic rings. The van der Waals surface area contributed by atoms with E-state index in [9.17, 15) is 0 Å². The number of hydrogen-bond acceptors (Lipinski definition) is 1. The highest BCUT2D eigenvalue weighted by Gasteiger charge is 2.24. The van der Waals surface area contributed by atoms with Crippen molar-refractivity contribution in [2.45, 2.75) is 13.0 Å². The molecule has 0 saturated carbocycles. The van der Waals surface area contributed by atoms with Crippen LogP contribution in [0.3, 0.4) is 0 Å². The minimum atomic E-state index is 0.586. The van der Waals surface area contributed by atoms with Crippen LogP contribution in [0.4, 0.5) is 0 Å². The van der Waals surface area contributed by atoms with Crippen LogP contribution in [0.1, 0.15) is 6.92 Å². The van der Waals surface area contributed by atoms with E-state index in [2.05, 4.69) is 16.7 Å². The van der Waals surface area contributed by atoms with E-state index in [1.165, 1.54) is 0 Å². The van der Waals surface area contributed by atoms with Gasteiger partial charge in [-0.2, -0.15) is 0 Å². The van der Waals surface area contributed by atoms with E-state index in [4.69, 9.17) is 12.2 Å². The van der Waals surface area contributed by atoms with Gasteiger partial charge in [-0.05, 0) is 19.1 Å². The molecule has 1 rings (SSSR count). The minimum absolute atomic E-state index is 0.586. The highest BCUT2D eigenvalue weighted by atomic mass is 32.1. The molecule has 9 heavy (non-hydrogen) atoms. The average molecular weight is 144 g/mol. The van der Waals surface area contributed by atoms with Crippen LogP contribution in [-0.4, -0.2) is 41.6 Å². The summed E-state index contributed by atoms with van der Waals surface area (Å²) >= 11 is 5.09. The van der Waals surface area contributed by atoms with Crippen molar-refractivity contribution in [2.75, 3.05) is 20.6 Å². The third-order valence-electron chi connectivity index (χ3n) is 1.83. The molecular weight excluding hydrogens is 132 g/mol. The summed E-state index contributed by atoms with van der Waals surface area (Å²) in [6.07, 6.45) is 0. The molecule has 0 aromatic rings. The molecule has 1 aliphatic heterocycles. The number of hydrogen-bond donors (Lipinski definition) is 0. The second-order valence-corrected chi connectivity index (χ2v) is 2.99. The molecule has 1 unspecified atom stereocenters. The van der Waals surface area contributed by atoms with Gasteiger partial charge in [0.05, 0.1) is 0 Å². The molecule has 0 amide bonds. The van der Waals surface area contributed by atoms with Crippen molar-refractivity contribution in [1.29, 1.82) is 0 Å². The summed E-state index contributed by atoms with van der Waals surface area (Å²) in [5, 5.41) is 0.961. The fourth-order valence-electron chi connectivity index (χ4n) is 1.05. The smallest absolute Gasteiger partial charge is 0.171 e. The van der Waals surface area contributed by atoms with Gasteiger partial charge in [0.2, 0.25) is 0 Å². The van der Waals surface area contributed by atoms with Gasteiger partial charge in [0, 0.05) is 26.7 Å². The van der Waals surface area contributed by atoms with Crippen LogP contribution < -0.4 is 0 Å². The first-order chi connectivity index (χ1) is 4.13. The Morgan fingerprint density at radius 2 is 2.11 bits per heavy atom. The summed E-state index contributed by atoms with van der Waals surface area (Å²) in [6, 6.07) is 0.586. The Kier molecular flexibility index (Phi) is 1.62. The maximum Gasteiger partial charge on any atom is 0.171 e. The second kappa shape index (κ2) is 2.14. The van der Waals surface area contributed by atoms with Gasteiger partial charge in [-0.25, -0.2) is 0 Å². The van der Waals surface area contributed by atoms with Crippen LogP contribution >= 0.6 is 12.2 Å². The van der Waals surface area contributed by atoms with Crippen molar-refractivity contribution < 1.29 is 0 Å². The van der Waals surface area contributed by atoms with Gasteiger partial charge < -0.3 is 9.80 Å². The van der Waals surface area contributed by atoms with Gasteiger partial charge in [-0.1, -0.05) is 0 Å². The van der Waals surface area contributed by atoms with Crippen LogP contribution in [0.15, 0.2) is 0 Å². The molecule has 1 saturated heterocycles. The van der Waals surface area contributed by atoms with Crippen LogP contribution in [-0.2, 0) is 0 Å². The molecule has 1 fully saturated rings. The molecule has 0 spiro atoms. The summed E-state index contributed by atoms with van der Waals surface area (Å²) in [6.45, 7) is 3.24. The fourth-order valence-corrected chi connectivity index (χ4v) is 1.31. The lowest BCUT2D eigenvalue weighted by Gasteiger charge is -2.15. The summed E-state index contributed by atoms with van der Waals surface area (Å²) in [7, 11) is 4.07. The van der Waals surface area contributed by atoms with Crippen LogP contribution in [0.25, 0.3) is 0 Å². The van der Waals surface area contributed by atoms with Crippen molar-refractivity contribution in [3.05, 3.63) is 0 Å². The minimum Gasteiger partial charge on any atom is -0.350 e.